The van der Waals surface area contributed by atoms with Crippen LogP contribution < -0.4 is 10.9 Å². The van der Waals surface area contributed by atoms with Crippen LogP contribution in [0.2, 0.25) is 10.0 Å². The molecule has 0 fully saturated rings. The Morgan fingerprint density at radius 2 is 1.88 bits per heavy atom. The third kappa shape index (κ3) is 3.61. The van der Waals surface area contributed by atoms with E-state index in [0.717, 1.165) is 16.5 Å². The summed E-state index contributed by atoms with van der Waals surface area (Å²) in [6, 6.07) is 11.7. The number of carbonyl (C=O) groups excluding carboxylic acids is 1. The van der Waals surface area contributed by atoms with Gasteiger partial charge in [-0.05, 0) is 42.3 Å². The fourth-order valence-electron chi connectivity index (χ4n) is 2.44. The smallest absolute Gasteiger partial charge is 0.336 e. The molecule has 0 aliphatic carbocycles. The van der Waals surface area contributed by atoms with Crippen LogP contribution in [0.15, 0.2) is 51.7 Å². The molecule has 24 heavy (non-hydrogen) atoms. The first kappa shape index (κ1) is 16.6. The number of benzene rings is 2. The van der Waals surface area contributed by atoms with Gasteiger partial charge in [0.2, 0.25) is 5.91 Å². The average molecular weight is 362 g/mol. The van der Waals surface area contributed by atoms with Crippen molar-refractivity contribution in [3.05, 3.63) is 74.1 Å². The van der Waals surface area contributed by atoms with Gasteiger partial charge < -0.3 is 9.73 Å². The second kappa shape index (κ2) is 6.67. The van der Waals surface area contributed by atoms with E-state index in [0.29, 0.717) is 21.3 Å². The van der Waals surface area contributed by atoms with E-state index in [1.54, 1.807) is 30.3 Å². The molecule has 0 radical (unpaired) electrons. The summed E-state index contributed by atoms with van der Waals surface area (Å²) in [5.41, 5.74) is 2.16. The maximum atomic E-state index is 12.2. The van der Waals surface area contributed by atoms with Crippen molar-refractivity contribution in [3.8, 4) is 0 Å². The molecule has 0 saturated heterocycles. The normalized spacial score (nSPS) is 10.8. The number of hydrogen-bond donors (Lipinski definition) is 1. The molecule has 0 spiro atoms. The number of hydrogen-bond acceptors (Lipinski definition) is 3. The quantitative estimate of drug-likeness (QED) is 0.694. The maximum absolute atomic E-state index is 12.2. The number of rotatable bonds is 3. The van der Waals surface area contributed by atoms with Gasteiger partial charge in [-0.2, -0.15) is 0 Å². The Balaban J connectivity index is 1.80. The lowest BCUT2D eigenvalue weighted by molar-refractivity contribution is -0.115. The molecule has 3 aromatic rings. The second-order valence-corrected chi connectivity index (χ2v) is 6.25. The Kier molecular flexibility index (Phi) is 4.60. The fraction of sp³-hybridized carbons (Fsp3) is 0.111. The van der Waals surface area contributed by atoms with Crippen LogP contribution in [0.25, 0.3) is 11.0 Å². The number of fused-ring (bicyclic) bond motifs is 1. The molecule has 3 rings (SSSR count). The number of anilines is 1. The first-order valence-electron chi connectivity index (χ1n) is 7.20. The van der Waals surface area contributed by atoms with Crippen LogP contribution in [-0.4, -0.2) is 5.91 Å². The monoisotopic (exact) mass is 361 g/mol. The van der Waals surface area contributed by atoms with E-state index in [4.69, 9.17) is 27.6 Å². The van der Waals surface area contributed by atoms with Crippen LogP contribution in [0.3, 0.4) is 0 Å². The molecular weight excluding hydrogens is 349 g/mol. The van der Waals surface area contributed by atoms with Gasteiger partial charge in [0, 0.05) is 23.2 Å². The number of carbonyl (C=O) groups is 1. The van der Waals surface area contributed by atoms with Gasteiger partial charge in [-0.25, -0.2) is 4.79 Å². The van der Waals surface area contributed by atoms with Gasteiger partial charge in [0.15, 0.2) is 0 Å². The van der Waals surface area contributed by atoms with Crippen LogP contribution in [0.5, 0.6) is 0 Å². The summed E-state index contributed by atoms with van der Waals surface area (Å²) in [7, 11) is 0. The molecule has 1 N–H and O–H groups in total. The molecule has 0 bridgehead atoms. The predicted octanol–water partition coefficient (Wildman–Crippen LogP) is 4.59. The fourth-order valence-corrected chi connectivity index (χ4v) is 2.76. The van der Waals surface area contributed by atoms with Crippen molar-refractivity contribution in [1.82, 2.24) is 0 Å². The van der Waals surface area contributed by atoms with E-state index < -0.39 is 5.63 Å². The lowest BCUT2D eigenvalue weighted by Crippen LogP contribution is -2.14. The highest BCUT2D eigenvalue weighted by Crippen LogP contribution is 2.24. The summed E-state index contributed by atoms with van der Waals surface area (Å²) < 4.78 is 5.17. The third-order valence-corrected chi connectivity index (χ3v) is 4.32. The second-order valence-electron chi connectivity index (χ2n) is 5.43. The summed E-state index contributed by atoms with van der Waals surface area (Å²) in [5.74, 6) is -0.206. The number of aryl methyl sites for hydroxylation is 1. The lowest BCUT2D eigenvalue weighted by Gasteiger charge is -2.07. The summed E-state index contributed by atoms with van der Waals surface area (Å²) >= 11 is 11.8. The van der Waals surface area contributed by atoms with Crippen molar-refractivity contribution >= 4 is 45.8 Å². The molecular formula is C18H13Cl2NO3. The van der Waals surface area contributed by atoms with Crippen molar-refractivity contribution in [2.75, 3.05) is 5.32 Å². The Bertz CT molecular complexity index is 995. The topological polar surface area (TPSA) is 59.3 Å². The highest BCUT2D eigenvalue weighted by molar-refractivity contribution is 6.42. The number of nitrogens with one attached hydrogen (secondary N) is 1. The molecule has 0 atom stereocenters. The van der Waals surface area contributed by atoms with Crippen molar-refractivity contribution in [3.63, 3.8) is 0 Å². The predicted molar refractivity (Wildman–Crippen MR) is 96.0 cm³/mol. The average Bonchev–Trinajstić information content (AvgIpc) is 2.50. The highest BCUT2D eigenvalue weighted by Gasteiger charge is 2.08. The van der Waals surface area contributed by atoms with Gasteiger partial charge in [0.25, 0.3) is 0 Å². The largest absolute Gasteiger partial charge is 0.423 e. The number of halogens is 2. The molecule has 0 aliphatic heterocycles. The molecule has 122 valence electrons. The SMILES string of the molecule is Cc1cc(=O)oc2cc(NC(=O)Cc3ccc(Cl)c(Cl)c3)ccc12. The number of amides is 1. The molecule has 0 unspecified atom stereocenters. The Hall–Kier alpha value is -2.30. The molecule has 0 aliphatic rings. The van der Waals surface area contributed by atoms with Crippen molar-refractivity contribution in [2.24, 2.45) is 0 Å². The van der Waals surface area contributed by atoms with Crippen LogP contribution >= 0.6 is 23.2 Å². The van der Waals surface area contributed by atoms with Gasteiger partial charge in [0.1, 0.15) is 5.58 Å². The zero-order valence-electron chi connectivity index (χ0n) is 12.7. The van der Waals surface area contributed by atoms with E-state index in [2.05, 4.69) is 5.32 Å². The molecule has 6 heteroatoms. The zero-order valence-corrected chi connectivity index (χ0v) is 14.2. The minimum Gasteiger partial charge on any atom is -0.423 e. The molecule has 1 amide bonds. The van der Waals surface area contributed by atoms with Gasteiger partial charge in [0.05, 0.1) is 16.5 Å². The first-order chi connectivity index (χ1) is 11.4. The van der Waals surface area contributed by atoms with Crippen molar-refractivity contribution < 1.29 is 9.21 Å². The summed E-state index contributed by atoms with van der Waals surface area (Å²) in [5, 5.41) is 4.46. The zero-order chi connectivity index (χ0) is 17.3. The lowest BCUT2D eigenvalue weighted by atomic mass is 10.1. The van der Waals surface area contributed by atoms with E-state index in [9.17, 15) is 9.59 Å². The standard InChI is InChI=1S/C18H13Cl2NO3/c1-10-6-18(23)24-16-9-12(3-4-13(10)16)21-17(22)8-11-2-5-14(19)15(20)7-11/h2-7,9H,8H2,1H3,(H,21,22). The molecule has 1 heterocycles. The van der Waals surface area contributed by atoms with Crippen molar-refractivity contribution in [2.45, 2.75) is 13.3 Å². The van der Waals surface area contributed by atoms with Crippen LogP contribution in [0.1, 0.15) is 11.1 Å². The van der Waals surface area contributed by atoms with Crippen LogP contribution in [0.4, 0.5) is 5.69 Å². The van der Waals surface area contributed by atoms with Gasteiger partial charge in [-0.15, -0.1) is 0 Å². The summed E-state index contributed by atoms with van der Waals surface area (Å²) in [6.07, 6.45) is 0.159. The molecule has 4 nitrogen and oxygen atoms in total. The summed E-state index contributed by atoms with van der Waals surface area (Å²) in [4.78, 5) is 23.6. The molecule has 2 aromatic carbocycles. The van der Waals surface area contributed by atoms with Crippen molar-refractivity contribution in [1.29, 1.82) is 0 Å². The minimum absolute atomic E-state index is 0.159. The minimum atomic E-state index is -0.417. The Labute approximate surface area is 148 Å². The third-order valence-electron chi connectivity index (χ3n) is 3.58. The van der Waals surface area contributed by atoms with Gasteiger partial charge in [-0.3, -0.25) is 4.79 Å². The summed E-state index contributed by atoms with van der Waals surface area (Å²) in [6.45, 7) is 1.84. The van der Waals surface area contributed by atoms with E-state index >= 15 is 0 Å². The van der Waals surface area contributed by atoms with Crippen LogP contribution in [0, 0.1) is 6.92 Å². The van der Waals surface area contributed by atoms with E-state index in [-0.39, 0.29) is 12.3 Å². The van der Waals surface area contributed by atoms with Crippen LogP contribution in [-0.2, 0) is 11.2 Å². The maximum Gasteiger partial charge on any atom is 0.336 e. The van der Waals surface area contributed by atoms with Gasteiger partial charge >= 0.3 is 5.63 Å². The molecule has 1 aromatic heterocycles. The Morgan fingerprint density at radius 3 is 2.62 bits per heavy atom. The first-order valence-corrected chi connectivity index (χ1v) is 7.96. The van der Waals surface area contributed by atoms with Gasteiger partial charge in [-0.1, -0.05) is 29.3 Å². The highest BCUT2D eigenvalue weighted by atomic mass is 35.5. The van der Waals surface area contributed by atoms with E-state index in [1.165, 1.54) is 6.07 Å². The molecule has 0 saturated carbocycles. The van der Waals surface area contributed by atoms with E-state index in [1.807, 2.05) is 13.0 Å². The Morgan fingerprint density at radius 1 is 1.08 bits per heavy atom.